The number of anilines is 3. The van der Waals surface area contributed by atoms with Crippen LogP contribution in [0.2, 0.25) is 5.02 Å². The summed E-state index contributed by atoms with van der Waals surface area (Å²) >= 11 is 6.34. The SMILES string of the molecule is COc1cc(C(=O)Nc2ccccc2O)ccc1Nc1ncc(Cl)c(-c2cnn(C(C)C)c2)n1. The largest absolute Gasteiger partial charge is 0.506 e. The molecule has 174 valence electrons. The van der Waals surface area contributed by atoms with Crippen molar-refractivity contribution in [2.75, 3.05) is 17.7 Å². The number of phenols is 1. The van der Waals surface area contributed by atoms with Crippen LogP contribution < -0.4 is 15.4 Å². The highest BCUT2D eigenvalue weighted by atomic mass is 35.5. The molecule has 0 spiro atoms. The zero-order valence-corrected chi connectivity index (χ0v) is 19.5. The Morgan fingerprint density at radius 1 is 1.15 bits per heavy atom. The molecule has 0 bridgehead atoms. The number of aromatic hydroxyl groups is 1. The summed E-state index contributed by atoms with van der Waals surface area (Å²) in [5, 5.41) is 20.4. The number of nitrogens with one attached hydrogen (secondary N) is 2. The molecule has 0 aliphatic heterocycles. The van der Waals surface area contributed by atoms with Crippen molar-refractivity contribution in [2.45, 2.75) is 19.9 Å². The first-order valence-corrected chi connectivity index (χ1v) is 10.8. The van der Waals surface area contributed by atoms with Crippen LogP contribution in [0.3, 0.4) is 0 Å². The smallest absolute Gasteiger partial charge is 0.255 e. The first-order chi connectivity index (χ1) is 16.4. The molecule has 34 heavy (non-hydrogen) atoms. The minimum absolute atomic E-state index is 0.0178. The molecule has 0 fully saturated rings. The fourth-order valence-corrected chi connectivity index (χ4v) is 3.40. The van der Waals surface area contributed by atoms with Gasteiger partial charge in [-0.3, -0.25) is 9.48 Å². The van der Waals surface area contributed by atoms with E-state index in [0.29, 0.717) is 39.4 Å². The van der Waals surface area contributed by atoms with Crippen molar-refractivity contribution in [3.8, 4) is 22.8 Å². The Morgan fingerprint density at radius 2 is 1.94 bits per heavy atom. The molecule has 0 saturated carbocycles. The Labute approximate surface area is 201 Å². The Morgan fingerprint density at radius 3 is 2.65 bits per heavy atom. The predicted octanol–water partition coefficient (Wildman–Crippen LogP) is 5.28. The molecule has 2 aromatic carbocycles. The van der Waals surface area contributed by atoms with Gasteiger partial charge in [-0.05, 0) is 44.2 Å². The van der Waals surface area contributed by atoms with Crippen molar-refractivity contribution in [3.63, 3.8) is 0 Å². The fraction of sp³-hybridized carbons (Fsp3) is 0.167. The maximum atomic E-state index is 12.6. The summed E-state index contributed by atoms with van der Waals surface area (Å²) in [6.45, 7) is 4.06. The van der Waals surface area contributed by atoms with Gasteiger partial charge in [0.2, 0.25) is 5.95 Å². The van der Waals surface area contributed by atoms with Crippen LogP contribution in [0, 0.1) is 0 Å². The van der Waals surface area contributed by atoms with Crippen molar-refractivity contribution in [1.29, 1.82) is 0 Å². The highest BCUT2D eigenvalue weighted by Crippen LogP contribution is 2.31. The molecule has 2 aromatic heterocycles. The number of methoxy groups -OCH3 is 1. The lowest BCUT2D eigenvalue weighted by Crippen LogP contribution is -2.12. The molecule has 9 nitrogen and oxygen atoms in total. The Hall–Kier alpha value is -4.11. The van der Waals surface area contributed by atoms with E-state index < -0.39 is 5.91 Å². The third-order valence-electron chi connectivity index (χ3n) is 5.01. The summed E-state index contributed by atoms with van der Waals surface area (Å²) in [7, 11) is 1.50. The summed E-state index contributed by atoms with van der Waals surface area (Å²) in [6.07, 6.45) is 5.09. The molecule has 2 heterocycles. The molecule has 1 amide bonds. The van der Waals surface area contributed by atoms with Gasteiger partial charge in [0.1, 0.15) is 11.5 Å². The van der Waals surface area contributed by atoms with Gasteiger partial charge in [-0.1, -0.05) is 23.7 Å². The second-order valence-corrected chi connectivity index (χ2v) is 8.11. The van der Waals surface area contributed by atoms with Crippen LogP contribution in [0.5, 0.6) is 11.5 Å². The number of carbonyl (C=O) groups excluding carboxylic acids is 1. The topological polar surface area (TPSA) is 114 Å². The molecule has 0 aliphatic carbocycles. The molecular weight excluding hydrogens is 456 g/mol. The average Bonchev–Trinajstić information content (AvgIpc) is 3.32. The second-order valence-electron chi connectivity index (χ2n) is 7.70. The number of nitrogens with zero attached hydrogens (tertiary/aromatic N) is 4. The number of hydrogen-bond acceptors (Lipinski definition) is 7. The first kappa shape index (κ1) is 23.1. The summed E-state index contributed by atoms with van der Waals surface area (Å²) in [5.74, 6) is 0.313. The van der Waals surface area contributed by atoms with Crippen LogP contribution in [-0.2, 0) is 0 Å². The molecule has 3 N–H and O–H groups in total. The van der Waals surface area contributed by atoms with Crippen molar-refractivity contribution in [2.24, 2.45) is 0 Å². The summed E-state index contributed by atoms with van der Waals surface area (Å²) in [4.78, 5) is 21.4. The Bertz CT molecular complexity index is 1340. The minimum Gasteiger partial charge on any atom is -0.506 e. The lowest BCUT2D eigenvalue weighted by molar-refractivity contribution is 0.102. The minimum atomic E-state index is -0.390. The van der Waals surface area contributed by atoms with Crippen molar-refractivity contribution in [3.05, 3.63) is 71.6 Å². The highest BCUT2D eigenvalue weighted by molar-refractivity contribution is 6.32. The quantitative estimate of drug-likeness (QED) is 0.309. The standard InChI is InChI=1S/C24H23ClN6O3/c1-14(2)31-13-16(11-27-31)22-17(25)12-26-24(30-22)29-19-9-8-15(10-21(19)34-3)23(33)28-18-6-4-5-7-20(18)32/h4-14,32H,1-3H3,(H,28,33)(H,26,29,30). The third kappa shape index (κ3) is 4.94. The molecular formula is C24H23ClN6O3. The number of phenolic OH excluding ortho intramolecular Hbond substituents is 1. The number of ether oxygens (including phenoxy) is 1. The van der Waals surface area contributed by atoms with Crippen LogP contribution in [0.25, 0.3) is 11.3 Å². The molecule has 4 aromatic rings. The van der Waals surface area contributed by atoms with Gasteiger partial charge in [-0.25, -0.2) is 9.97 Å². The number of para-hydroxylation sites is 2. The second kappa shape index (κ2) is 9.80. The van der Waals surface area contributed by atoms with E-state index in [9.17, 15) is 9.90 Å². The zero-order chi connectivity index (χ0) is 24.2. The maximum absolute atomic E-state index is 12.6. The predicted molar refractivity (Wildman–Crippen MR) is 131 cm³/mol. The summed E-state index contributed by atoms with van der Waals surface area (Å²) < 4.78 is 7.29. The van der Waals surface area contributed by atoms with Gasteiger partial charge in [-0.15, -0.1) is 0 Å². The fourth-order valence-electron chi connectivity index (χ4n) is 3.20. The van der Waals surface area contributed by atoms with Crippen LogP contribution in [0.1, 0.15) is 30.2 Å². The van der Waals surface area contributed by atoms with Gasteiger partial charge in [0.05, 0.1) is 41.6 Å². The van der Waals surface area contributed by atoms with Crippen LogP contribution >= 0.6 is 11.6 Å². The van der Waals surface area contributed by atoms with Gasteiger partial charge in [0.15, 0.2) is 0 Å². The number of benzene rings is 2. The van der Waals surface area contributed by atoms with E-state index in [2.05, 4.69) is 25.7 Å². The van der Waals surface area contributed by atoms with E-state index in [4.69, 9.17) is 16.3 Å². The number of rotatable bonds is 7. The molecule has 4 rings (SSSR count). The highest BCUT2D eigenvalue weighted by Gasteiger charge is 2.15. The van der Waals surface area contributed by atoms with Gasteiger partial charge in [0, 0.05) is 23.4 Å². The van der Waals surface area contributed by atoms with E-state index in [0.717, 1.165) is 5.56 Å². The normalized spacial score (nSPS) is 10.9. The van der Waals surface area contributed by atoms with Gasteiger partial charge in [0.25, 0.3) is 5.91 Å². The van der Waals surface area contributed by atoms with Crippen molar-refractivity contribution >= 4 is 34.8 Å². The Kier molecular flexibility index (Phi) is 6.65. The molecule has 10 heteroatoms. The van der Waals surface area contributed by atoms with Crippen LogP contribution in [0.4, 0.5) is 17.3 Å². The molecule has 0 saturated heterocycles. The average molecular weight is 479 g/mol. The number of halogens is 1. The van der Waals surface area contributed by atoms with E-state index in [1.165, 1.54) is 19.4 Å². The molecule has 0 unspecified atom stereocenters. The number of amides is 1. The number of aromatic nitrogens is 4. The van der Waals surface area contributed by atoms with E-state index in [1.807, 2.05) is 24.7 Å². The van der Waals surface area contributed by atoms with E-state index in [-0.39, 0.29) is 11.8 Å². The van der Waals surface area contributed by atoms with Crippen molar-refractivity contribution in [1.82, 2.24) is 19.7 Å². The molecule has 0 aliphatic rings. The molecule has 0 atom stereocenters. The summed E-state index contributed by atoms with van der Waals surface area (Å²) in [6, 6.07) is 11.6. The lowest BCUT2D eigenvalue weighted by atomic mass is 10.1. The number of carbonyl (C=O) groups is 1. The lowest BCUT2D eigenvalue weighted by Gasteiger charge is -2.13. The van der Waals surface area contributed by atoms with E-state index in [1.54, 1.807) is 42.6 Å². The molecule has 0 radical (unpaired) electrons. The maximum Gasteiger partial charge on any atom is 0.255 e. The Balaban J connectivity index is 1.57. The van der Waals surface area contributed by atoms with Crippen molar-refractivity contribution < 1.29 is 14.6 Å². The van der Waals surface area contributed by atoms with E-state index >= 15 is 0 Å². The van der Waals surface area contributed by atoms with Crippen LogP contribution in [-0.4, -0.2) is 37.9 Å². The van der Waals surface area contributed by atoms with Crippen LogP contribution in [0.15, 0.2) is 61.1 Å². The monoisotopic (exact) mass is 478 g/mol. The van der Waals surface area contributed by atoms with Gasteiger partial charge in [-0.2, -0.15) is 5.10 Å². The third-order valence-corrected chi connectivity index (χ3v) is 5.29. The van der Waals surface area contributed by atoms with Gasteiger partial charge < -0.3 is 20.5 Å². The summed E-state index contributed by atoms with van der Waals surface area (Å²) in [5.41, 5.74) is 2.55. The number of hydrogen-bond donors (Lipinski definition) is 3. The first-order valence-electron chi connectivity index (χ1n) is 10.5. The van der Waals surface area contributed by atoms with Gasteiger partial charge >= 0.3 is 0 Å². The zero-order valence-electron chi connectivity index (χ0n) is 18.8.